The number of aromatic nitrogens is 2. The maximum Gasteiger partial charge on any atom is 0.193 e. The molecule has 0 aliphatic heterocycles. The first-order valence-corrected chi connectivity index (χ1v) is 7.76. The molecule has 0 radical (unpaired) electrons. The summed E-state index contributed by atoms with van der Waals surface area (Å²) >= 11 is 5.91. The van der Waals surface area contributed by atoms with Crippen molar-refractivity contribution in [3.8, 4) is 0 Å². The van der Waals surface area contributed by atoms with E-state index in [1.165, 1.54) is 5.69 Å². The Balaban J connectivity index is 3.09. The van der Waals surface area contributed by atoms with Crippen LogP contribution in [0.1, 0.15) is 11.4 Å². The lowest BCUT2D eigenvalue weighted by molar-refractivity contribution is 0.879. The molecule has 0 saturated heterocycles. The predicted molar refractivity (Wildman–Crippen MR) is 55.3 cm³/mol. The number of hydrogen-bond donors (Lipinski definition) is 0. The van der Waals surface area contributed by atoms with Gasteiger partial charge in [0, 0.05) is 11.2 Å². The van der Waals surface area contributed by atoms with Gasteiger partial charge in [0.2, 0.25) is 0 Å². The molecule has 0 spiro atoms. The van der Waals surface area contributed by atoms with Crippen LogP contribution in [0.4, 0.5) is 0 Å². The minimum Gasteiger partial charge on any atom is -0.298 e. The molecule has 68 valence electrons. The van der Waals surface area contributed by atoms with Crippen molar-refractivity contribution in [3.63, 3.8) is 0 Å². The highest BCUT2D eigenvalue weighted by atomic mass is 35.5. The molecule has 0 amide bonds. The molecule has 0 saturated carbocycles. The second kappa shape index (κ2) is 3.22. The maximum atomic E-state index is 5.91. The van der Waals surface area contributed by atoms with Gasteiger partial charge in [0.25, 0.3) is 0 Å². The summed E-state index contributed by atoms with van der Waals surface area (Å²) in [4.78, 5) is 0. The zero-order chi connectivity index (χ0) is 9.35. The number of halogens is 1. The van der Waals surface area contributed by atoms with Crippen LogP contribution < -0.4 is 0 Å². The molecular weight excluding hydrogens is 188 g/mol. The third-order valence-corrected chi connectivity index (χ3v) is 6.13. The molecule has 0 unspecified atom stereocenters. The van der Waals surface area contributed by atoms with Crippen LogP contribution in [0.15, 0.2) is 6.07 Å². The van der Waals surface area contributed by atoms with E-state index in [-0.39, 0.29) is 0 Å². The van der Waals surface area contributed by atoms with Gasteiger partial charge in [-0.3, -0.25) is 4.35 Å². The van der Waals surface area contributed by atoms with E-state index in [0.29, 0.717) is 0 Å². The van der Waals surface area contributed by atoms with E-state index in [2.05, 4.69) is 35.5 Å². The van der Waals surface area contributed by atoms with Crippen LogP contribution >= 0.6 is 11.6 Å². The zero-order valence-corrected chi connectivity index (χ0v) is 9.81. The van der Waals surface area contributed by atoms with Gasteiger partial charge in [-0.2, -0.15) is 5.10 Å². The maximum absolute atomic E-state index is 5.91. The highest BCUT2D eigenvalue weighted by Gasteiger charge is 2.25. The molecule has 0 bridgehead atoms. The number of nitrogens with zero attached hydrogens (tertiary/aromatic N) is 2. The average molecular weight is 203 g/mol. The van der Waals surface area contributed by atoms with Gasteiger partial charge in [-0.05, 0) is 33.0 Å². The van der Waals surface area contributed by atoms with Crippen LogP contribution in [-0.2, 0) is 0 Å². The van der Waals surface area contributed by atoms with Gasteiger partial charge in [0.15, 0.2) is 8.24 Å². The Morgan fingerprint density at radius 3 is 2.42 bits per heavy atom. The highest BCUT2D eigenvalue weighted by Crippen LogP contribution is 2.12. The molecule has 1 aromatic heterocycles. The Morgan fingerprint density at radius 1 is 1.50 bits per heavy atom. The molecule has 1 heterocycles. The molecule has 0 aliphatic rings. The van der Waals surface area contributed by atoms with Crippen molar-refractivity contribution in [3.05, 3.63) is 17.5 Å². The summed E-state index contributed by atoms with van der Waals surface area (Å²) in [5.41, 5.74) is 3.03. The Bertz CT molecular complexity index is 281. The fraction of sp³-hybridized carbons (Fsp3) is 0.625. The minimum atomic E-state index is -1.51. The lowest BCUT2D eigenvalue weighted by Crippen LogP contribution is -2.40. The molecule has 1 aromatic rings. The topological polar surface area (TPSA) is 17.8 Å². The smallest absolute Gasteiger partial charge is 0.193 e. The summed E-state index contributed by atoms with van der Waals surface area (Å²) in [6.07, 6.45) is 0. The van der Waals surface area contributed by atoms with E-state index in [1.54, 1.807) is 0 Å². The first kappa shape index (κ1) is 9.80. The highest BCUT2D eigenvalue weighted by molar-refractivity contribution is 6.81. The second-order valence-electron chi connectivity index (χ2n) is 3.78. The Morgan fingerprint density at radius 2 is 2.08 bits per heavy atom. The number of hydrogen-bond acceptors (Lipinski definition) is 1. The van der Waals surface area contributed by atoms with E-state index in [9.17, 15) is 0 Å². The van der Waals surface area contributed by atoms with Crippen molar-refractivity contribution in [2.24, 2.45) is 0 Å². The van der Waals surface area contributed by atoms with Gasteiger partial charge < -0.3 is 0 Å². The fourth-order valence-corrected chi connectivity index (χ4v) is 3.20. The van der Waals surface area contributed by atoms with E-state index in [4.69, 9.17) is 11.6 Å². The molecule has 2 nitrogen and oxygen atoms in total. The molecule has 0 atom stereocenters. The molecule has 0 aromatic carbocycles. The largest absolute Gasteiger partial charge is 0.298 e. The first-order valence-electron chi connectivity index (χ1n) is 4.07. The number of rotatable bonds is 2. The summed E-state index contributed by atoms with van der Waals surface area (Å²) in [5, 5.41) is 4.45. The van der Waals surface area contributed by atoms with Crippen molar-refractivity contribution in [1.29, 1.82) is 0 Å². The molecule has 0 aliphatic carbocycles. The summed E-state index contributed by atoms with van der Waals surface area (Å²) < 4.78 is 2.12. The van der Waals surface area contributed by atoms with Crippen LogP contribution in [0.25, 0.3) is 0 Å². The van der Waals surface area contributed by atoms with Crippen LogP contribution in [-0.4, -0.2) is 23.2 Å². The second-order valence-corrected chi connectivity index (χ2v) is 8.90. The van der Waals surface area contributed by atoms with E-state index < -0.39 is 8.24 Å². The van der Waals surface area contributed by atoms with Crippen LogP contribution in [0.5, 0.6) is 0 Å². The Labute approximate surface area is 79.6 Å². The lowest BCUT2D eigenvalue weighted by Gasteiger charge is -2.21. The van der Waals surface area contributed by atoms with Crippen molar-refractivity contribution in [1.82, 2.24) is 9.45 Å². The molecule has 0 fully saturated rings. The van der Waals surface area contributed by atoms with Gasteiger partial charge in [-0.25, -0.2) is 0 Å². The third kappa shape index (κ3) is 1.72. The SMILES string of the molecule is Cc1cc(C)n([Si](C)(C)CCl)n1. The normalized spacial score (nSPS) is 12.1. The van der Waals surface area contributed by atoms with Gasteiger partial charge in [-0.15, -0.1) is 11.6 Å². The van der Waals surface area contributed by atoms with Crippen molar-refractivity contribution < 1.29 is 0 Å². The van der Waals surface area contributed by atoms with Gasteiger partial charge >= 0.3 is 0 Å². The molecular formula is C8H15ClN2Si. The van der Waals surface area contributed by atoms with Crippen LogP contribution in [0, 0.1) is 13.8 Å². The van der Waals surface area contributed by atoms with E-state index in [1.807, 2.05) is 6.92 Å². The van der Waals surface area contributed by atoms with Crippen LogP contribution in [0.3, 0.4) is 0 Å². The zero-order valence-electron chi connectivity index (χ0n) is 8.06. The third-order valence-electron chi connectivity index (χ3n) is 1.91. The van der Waals surface area contributed by atoms with Gasteiger partial charge in [0.1, 0.15) is 0 Å². The fourth-order valence-electron chi connectivity index (χ4n) is 1.30. The van der Waals surface area contributed by atoms with Crippen molar-refractivity contribution in [2.45, 2.75) is 26.9 Å². The number of alkyl halides is 1. The Hall–Kier alpha value is -0.283. The monoisotopic (exact) mass is 202 g/mol. The summed E-state index contributed by atoms with van der Waals surface area (Å²) in [5.74, 6) is 0. The van der Waals surface area contributed by atoms with Gasteiger partial charge in [-0.1, -0.05) is 0 Å². The van der Waals surface area contributed by atoms with Crippen molar-refractivity contribution in [2.75, 3.05) is 5.50 Å². The minimum absolute atomic E-state index is 0.717. The van der Waals surface area contributed by atoms with E-state index in [0.717, 1.165) is 11.2 Å². The average Bonchev–Trinajstić information content (AvgIpc) is 2.31. The summed E-state index contributed by atoms with van der Waals surface area (Å²) in [6, 6.07) is 2.10. The Kier molecular flexibility index (Phi) is 2.63. The van der Waals surface area contributed by atoms with E-state index >= 15 is 0 Å². The first-order chi connectivity index (χ1) is 5.47. The molecule has 1 rings (SSSR count). The van der Waals surface area contributed by atoms with Gasteiger partial charge in [0.05, 0.1) is 5.69 Å². The summed E-state index contributed by atoms with van der Waals surface area (Å²) in [7, 11) is -1.51. The molecule has 4 heteroatoms. The predicted octanol–water partition coefficient (Wildman–Crippen LogP) is 2.33. The lowest BCUT2D eigenvalue weighted by atomic mass is 10.4. The number of aryl methyl sites for hydroxylation is 2. The summed E-state index contributed by atoms with van der Waals surface area (Å²) in [6.45, 7) is 8.54. The molecule has 0 N–H and O–H groups in total. The quantitative estimate of drug-likeness (QED) is 0.532. The standard InChI is InChI=1S/C8H15ClN2Si/c1-7-5-8(2)11(10-7)12(3,4)6-9/h5H,6H2,1-4H3. The van der Waals surface area contributed by atoms with Crippen molar-refractivity contribution >= 4 is 19.8 Å². The van der Waals surface area contributed by atoms with Crippen LogP contribution in [0.2, 0.25) is 13.1 Å². The molecule has 12 heavy (non-hydrogen) atoms.